The van der Waals surface area contributed by atoms with E-state index >= 15 is 0 Å². The fourth-order valence-electron chi connectivity index (χ4n) is 1.35. The second-order valence-corrected chi connectivity index (χ2v) is 4.13. The molecule has 2 N–H and O–H groups in total. The van der Waals surface area contributed by atoms with E-state index in [1.54, 1.807) is 0 Å². The van der Waals surface area contributed by atoms with Crippen molar-refractivity contribution in [2.75, 3.05) is 6.61 Å². The van der Waals surface area contributed by atoms with Gasteiger partial charge in [0.2, 0.25) is 0 Å². The maximum atomic E-state index is 6.12. The van der Waals surface area contributed by atoms with Crippen molar-refractivity contribution in [3.8, 4) is 0 Å². The Bertz CT molecular complexity index is 184. The van der Waals surface area contributed by atoms with Gasteiger partial charge in [-0.15, -0.1) is 0 Å². The second kappa shape index (κ2) is 3.48. The zero-order valence-electron chi connectivity index (χ0n) is 8.26. The van der Waals surface area contributed by atoms with Crippen LogP contribution in [0.2, 0.25) is 0 Å². The van der Waals surface area contributed by atoms with Gasteiger partial charge >= 0.3 is 0 Å². The molecule has 0 aromatic carbocycles. The van der Waals surface area contributed by atoms with Crippen molar-refractivity contribution < 1.29 is 4.74 Å². The van der Waals surface area contributed by atoms with Crippen molar-refractivity contribution in [3.05, 3.63) is 11.8 Å². The van der Waals surface area contributed by atoms with E-state index in [2.05, 4.69) is 20.8 Å². The van der Waals surface area contributed by atoms with E-state index in [-0.39, 0.29) is 11.5 Å². The van der Waals surface area contributed by atoms with Crippen LogP contribution >= 0.6 is 0 Å². The Balaban J connectivity index is 2.62. The van der Waals surface area contributed by atoms with E-state index in [1.807, 2.05) is 6.26 Å². The fourth-order valence-corrected chi connectivity index (χ4v) is 1.35. The summed E-state index contributed by atoms with van der Waals surface area (Å²) >= 11 is 0. The molecule has 1 rings (SSSR count). The number of ether oxygens (including phenoxy) is 1. The predicted molar refractivity (Wildman–Crippen MR) is 50.7 cm³/mol. The minimum atomic E-state index is 0.157. The summed E-state index contributed by atoms with van der Waals surface area (Å²) < 4.78 is 5.18. The quantitative estimate of drug-likeness (QED) is 0.701. The van der Waals surface area contributed by atoms with Crippen LogP contribution in [0.15, 0.2) is 11.8 Å². The fraction of sp³-hybridized carbons (Fsp3) is 0.800. The number of hydrogen-bond donors (Lipinski definition) is 1. The van der Waals surface area contributed by atoms with E-state index in [9.17, 15) is 0 Å². The zero-order valence-corrected chi connectivity index (χ0v) is 8.26. The lowest BCUT2D eigenvalue weighted by atomic mass is 9.78. The Morgan fingerprint density at radius 3 is 2.75 bits per heavy atom. The topological polar surface area (TPSA) is 35.2 Å². The molecule has 0 bridgehead atoms. The molecule has 0 saturated carbocycles. The first-order valence-electron chi connectivity index (χ1n) is 4.64. The van der Waals surface area contributed by atoms with Gasteiger partial charge in [0.25, 0.3) is 0 Å². The number of nitrogens with two attached hydrogens (primary N) is 1. The molecule has 1 aliphatic heterocycles. The lowest BCUT2D eigenvalue weighted by Gasteiger charge is -2.30. The van der Waals surface area contributed by atoms with Crippen molar-refractivity contribution in [1.29, 1.82) is 0 Å². The van der Waals surface area contributed by atoms with Gasteiger partial charge in [0, 0.05) is 12.5 Å². The molecule has 0 aromatic heterocycles. The Kier molecular flexibility index (Phi) is 2.78. The summed E-state index contributed by atoms with van der Waals surface area (Å²) in [6.07, 6.45) is 3.94. The number of hydrogen-bond acceptors (Lipinski definition) is 2. The van der Waals surface area contributed by atoms with Crippen molar-refractivity contribution in [2.45, 2.75) is 39.7 Å². The van der Waals surface area contributed by atoms with Gasteiger partial charge in [-0.3, -0.25) is 0 Å². The summed E-state index contributed by atoms with van der Waals surface area (Å²) in [5, 5.41) is 0. The molecule has 1 atom stereocenters. The average molecular weight is 169 g/mol. The van der Waals surface area contributed by atoms with Gasteiger partial charge in [0.1, 0.15) is 0 Å². The first-order valence-corrected chi connectivity index (χ1v) is 4.64. The number of rotatable bonds is 3. The van der Waals surface area contributed by atoms with E-state index < -0.39 is 0 Å². The van der Waals surface area contributed by atoms with E-state index in [0.29, 0.717) is 0 Å². The molecule has 0 fully saturated rings. The van der Waals surface area contributed by atoms with Crippen molar-refractivity contribution in [2.24, 2.45) is 11.1 Å². The monoisotopic (exact) mass is 169 g/mol. The first-order chi connectivity index (χ1) is 5.58. The largest absolute Gasteiger partial charge is 0.501 e. The molecule has 0 aliphatic carbocycles. The van der Waals surface area contributed by atoms with Gasteiger partial charge in [0.05, 0.1) is 12.9 Å². The van der Waals surface area contributed by atoms with Crippen LogP contribution in [-0.2, 0) is 4.74 Å². The summed E-state index contributed by atoms with van der Waals surface area (Å²) in [6.45, 7) is 7.40. The molecule has 2 nitrogen and oxygen atoms in total. The summed E-state index contributed by atoms with van der Waals surface area (Å²) in [6, 6.07) is 0.157. The third-order valence-corrected chi connectivity index (χ3v) is 2.90. The SMILES string of the molecule is CCC(C)(C)C(N)C1=COCC1. The molecular weight excluding hydrogens is 150 g/mol. The summed E-state index contributed by atoms with van der Waals surface area (Å²) in [5.41, 5.74) is 7.58. The third-order valence-electron chi connectivity index (χ3n) is 2.90. The molecule has 12 heavy (non-hydrogen) atoms. The Morgan fingerprint density at radius 1 is 1.67 bits per heavy atom. The van der Waals surface area contributed by atoms with Crippen LogP contribution < -0.4 is 5.73 Å². The van der Waals surface area contributed by atoms with Crippen LogP contribution in [0.4, 0.5) is 0 Å². The maximum Gasteiger partial charge on any atom is 0.0912 e. The molecular formula is C10H19NO. The Hall–Kier alpha value is -0.500. The van der Waals surface area contributed by atoms with Crippen LogP contribution in [0.5, 0.6) is 0 Å². The van der Waals surface area contributed by atoms with Crippen LogP contribution in [0.25, 0.3) is 0 Å². The summed E-state index contributed by atoms with van der Waals surface area (Å²) in [7, 11) is 0. The van der Waals surface area contributed by atoms with Crippen molar-refractivity contribution in [1.82, 2.24) is 0 Å². The van der Waals surface area contributed by atoms with Gasteiger partial charge in [-0.05, 0) is 17.4 Å². The molecule has 0 aromatic rings. The highest BCUT2D eigenvalue weighted by atomic mass is 16.5. The standard InChI is InChI=1S/C10H19NO/c1-4-10(2,3)9(11)8-5-6-12-7-8/h7,9H,4-6,11H2,1-3H3. The smallest absolute Gasteiger partial charge is 0.0912 e. The van der Waals surface area contributed by atoms with E-state index in [0.717, 1.165) is 19.4 Å². The van der Waals surface area contributed by atoms with Crippen molar-refractivity contribution in [3.63, 3.8) is 0 Å². The molecule has 2 heteroatoms. The molecule has 70 valence electrons. The second-order valence-electron chi connectivity index (χ2n) is 4.13. The highest BCUT2D eigenvalue weighted by molar-refractivity contribution is 5.14. The Morgan fingerprint density at radius 2 is 2.33 bits per heavy atom. The molecule has 0 radical (unpaired) electrons. The van der Waals surface area contributed by atoms with Crippen LogP contribution in [0.1, 0.15) is 33.6 Å². The molecule has 0 spiro atoms. The lowest BCUT2D eigenvalue weighted by Crippen LogP contribution is -2.38. The van der Waals surface area contributed by atoms with Crippen LogP contribution in [0, 0.1) is 5.41 Å². The molecule has 0 amide bonds. The van der Waals surface area contributed by atoms with Gasteiger partial charge in [0.15, 0.2) is 0 Å². The van der Waals surface area contributed by atoms with Crippen LogP contribution in [0.3, 0.4) is 0 Å². The minimum absolute atomic E-state index is 0.157. The van der Waals surface area contributed by atoms with Gasteiger partial charge in [-0.2, -0.15) is 0 Å². The Labute approximate surface area is 74.8 Å². The first kappa shape index (κ1) is 9.59. The zero-order chi connectivity index (χ0) is 9.19. The molecule has 1 heterocycles. The maximum absolute atomic E-state index is 6.12. The van der Waals surface area contributed by atoms with Gasteiger partial charge in [-0.1, -0.05) is 20.8 Å². The molecule has 1 unspecified atom stereocenters. The van der Waals surface area contributed by atoms with E-state index in [4.69, 9.17) is 10.5 Å². The average Bonchev–Trinajstić information content (AvgIpc) is 2.55. The third kappa shape index (κ3) is 1.81. The summed E-state index contributed by atoms with van der Waals surface area (Å²) in [5.74, 6) is 0. The van der Waals surface area contributed by atoms with Gasteiger partial charge < -0.3 is 10.5 Å². The summed E-state index contributed by atoms with van der Waals surface area (Å²) in [4.78, 5) is 0. The van der Waals surface area contributed by atoms with Gasteiger partial charge in [-0.25, -0.2) is 0 Å². The highest BCUT2D eigenvalue weighted by Gasteiger charge is 2.28. The predicted octanol–water partition coefficient (Wildman–Crippen LogP) is 2.05. The molecule has 1 aliphatic rings. The van der Waals surface area contributed by atoms with Crippen LogP contribution in [-0.4, -0.2) is 12.6 Å². The minimum Gasteiger partial charge on any atom is -0.501 e. The van der Waals surface area contributed by atoms with E-state index in [1.165, 1.54) is 5.57 Å². The lowest BCUT2D eigenvalue weighted by molar-refractivity contribution is 0.281. The normalized spacial score (nSPS) is 20.2. The highest BCUT2D eigenvalue weighted by Crippen LogP contribution is 2.30. The van der Waals surface area contributed by atoms with Crippen molar-refractivity contribution >= 4 is 0 Å². The molecule has 0 saturated heterocycles.